The molecule has 0 N–H and O–H groups in total. The van der Waals surface area contributed by atoms with Gasteiger partial charge >= 0.3 is 6.09 Å². The fourth-order valence-electron chi connectivity index (χ4n) is 2.64. The Balaban J connectivity index is 1.80. The molecule has 6 nitrogen and oxygen atoms in total. The molecule has 1 aliphatic rings. The molecule has 1 aliphatic heterocycles. The number of carbonyl (C=O) groups excluding carboxylic acids is 1. The van der Waals surface area contributed by atoms with Gasteiger partial charge in [-0.2, -0.15) is 0 Å². The predicted molar refractivity (Wildman–Crippen MR) is 94.0 cm³/mol. The molecule has 0 spiro atoms. The van der Waals surface area contributed by atoms with Gasteiger partial charge in [-0.05, 0) is 39.9 Å². The summed E-state index contributed by atoms with van der Waals surface area (Å²) in [5.41, 5.74) is 0.408. The first-order chi connectivity index (χ1) is 11.4. The zero-order chi connectivity index (χ0) is 17.6. The van der Waals surface area contributed by atoms with E-state index in [0.29, 0.717) is 25.7 Å². The molecule has 0 aromatic carbocycles. The second-order valence-electron chi connectivity index (χ2n) is 6.96. The van der Waals surface area contributed by atoms with Crippen LogP contribution in [0.5, 0.6) is 0 Å². The largest absolute Gasteiger partial charge is 0.444 e. The highest BCUT2D eigenvalue weighted by atomic mass is 32.2. The van der Waals surface area contributed by atoms with Gasteiger partial charge in [-0.3, -0.25) is 4.98 Å². The van der Waals surface area contributed by atoms with Gasteiger partial charge in [0, 0.05) is 31.4 Å². The van der Waals surface area contributed by atoms with Crippen LogP contribution in [0.1, 0.15) is 39.3 Å². The maximum atomic E-state index is 12.2. The number of carbonyl (C=O) groups is 1. The van der Waals surface area contributed by atoms with Crippen molar-refractivity contribution in [1.29, 1.82) is 0 Å². The van der Waals surface area contributed by atoms with Crippen molar-refractivity contribution in [3.63, 3.8) is 0 Å². The molecule has 1 aromatic heterocycles. The van der Waals surface area contributed by atoms with Gasteiger partial charge in [0.25, 0.3) is 0 Å². The molecular formula is C17H27N3O3S. The summed E-state index contributed by atoms with van der Waals surface area (Å²) in [5, 5.41) is 0.900. The maximum Gasteiger partial charge on any atom is 0.410 e. The second kappa shape index (κ2) is 8.67. The van der Waals surface area contributed by atoms with Crippen LogP contribution in [0.25, 0.3) is 0 Å². The molecule has 0 saturated carbocycles. The third kappa shape index (κ3) is 5.94. The van der Waals surface area contributed by atoms with E-state index >= 15 is 0 Å². The van der Waals surface area contributed by atoms with Crippen LogP contribution in [0.2, 0.25) is 0 Å². The van der Waals surface area contributed by atoms with Gasteiger partial charge in [0.05, 0.1) is 18.9 Å². The number of nitrogens with zero attached hydrogens (tertiary/aromatic N) is 3. The summed E-state index contributed by atoms with van der Waals surface area (Å²) in [4.78, 5) is 22.6. The van der Waals surface area contributed by atoms with E-state index in [9.17, 15) is 4.79 Å². The van der Waals surface area contributed by atoms with Crippen LogP contribution in [-0.4, -0.2) is 52.5 Å². The lowest BCUT2D eigenvalue weighted by atomic mass is 9.99. The molecule has 1 saturated heterocycles. The molecule has 1 unspecified atom stereocenters. The van der Waals surface area contributed by atoms with Crippen molar-refractivity contribution in [1.82, 2.24) is 14.9 Å². The van der Waals surface area contributed by atoms with Crippen molar-refractivity contribution >= 4 is 17.9 Å². The Labute approximate surface area is 148 Å². The van der Waals surface area contributed by atoms with Gasteiger partial charge in [0.2, 0.25) is 0 Å². The third-order valence-electron chi connectivity index (χ3n) is 3.69. The molecule has 1 amide bonds. The van der Waals surface area contributed by atoms with Gasteiger partial charge in [-0.25, -0.2) is 9.78 Å². The molecule has 0 bridgehead atoms. The number of thioether (sulfide) groups is 1. The molecule has 0 radical (unpaired) electrons. The summed E-state index contributed by atoms with van der Waals surface area (Å²) >= 11 is 1.57. The Morgan fingerprint density at radius 2 is 2.12 bits per heavy atom. The minimum atomic E-state index is -0.458. The number of hydrogen-bond acceptors (Lipinski definition) is 6. The Morgan fingerprint density at radius 1 is 1.38 bits per heavy atom. The summed E-state index contributed by atoms with van der Waals surface area (Å²) in [5.74, 6) is 0.334. The molecule has 1 atom stereocenters. The average molecular weight is 353 g/mol. The molecule has 1 aromatic rings. The minimum Gasteiger partial charge on any atom is -0.444 e. The van der Waals surface area contributed by atoms with E-state index < -0.39 is 5.60 Å². The monoisotopic (exact) mass is 353 g/mol. The first-order valence-corrected chi connectivity index (χ1v) is 9.51. The SMILES string of the molecule is CSc1nccnc1COCC1CCCN(C(=O)OC(C)(C)C)C1. The summed E-state index contributed by atoms with van der Waals surface area (Å²) < 4.78 is 11.3. The van der Waals surface area contributed by atoms with Gasteiger partial charge in [-0.15, -0.1) is 11.8 Å². The standard InChI is InChI=1S/C17H27N3O3S/c1-17(2,3)23-16(21)20-9-5-6-13(10-20)11-22-12-14-15(24-4)19-8-7-18-14/h7-8,13H,5-6,9-12H2,1-4H3. The fraction of sp³-hybridized carbons (Fsp3) is 0.706. The summed E-state index contributed by atoms with van der Waals surface area (Å²) in [6, 6.07) is 0. The van der Waals surface area contributed by atoms with Gasteiger partial charge in [0.1, 0.15) is 10.6 Å². The predicted octanol–water partition coefficient (Wildman–Crippen LogP) is 3.36. The first kappa shape index (κ1) is 19.0. The van der Waals surface area contributed by atoms with Crippen LogP contribution in [0.3, 0.4) is 0 Å². The lowest BCUT2D eigenvalue weighted by molar-refractivity contribution is 0.00547. The summed E-state index contributed by atoms with van der Waals surface area (Å²) in [7, 11) is 0. The van der Waals surface area contributed by atoms with Crippen molar-refractivity contribution in [2.45, 2.75) is 50.8 Å². The lowest BCUT2D eigenvalue weighted by Crippen LogP contribution is -2.43. The topological polar surface area (TPSA) is 64.6 Å². The molecule has 2 rings (SSSR count). The number of aromatic nitrogens is 2. The summed E-state index contributed by atoms with van der Waals surface area (Å²) in [6.45, 7) is 8.17. The highest BCUT2D eigenvalue weighted by Crippen LogP contribution is 2.21. The van der Waals surface area contributed by atoms with Gasteiger partial charge < -0.3 is 14.4 Å². The molecule has 1 fully saturated rings. The quantitative estimate of drug-likeness (QED) is 0.756. The van der Waals surface area contributed by atoms with E-state index in [1.807, 2.05) is 27.0 Å². The minimum absolute atomic E-state index is 0.231. The number of likely N-dealkylation sites (tertiary alicyclic amines) is 1. The first-order valence-electron chi connectivity index (χ1n) is 8.28. The lowest BCUT2D eigenvalue weighted by Gasteiger charge is -2.34. The zero-order valence-electron chi connectivity index (χ0n) is 14.9. The van der Waals surface area contributed by atoms with Crippen LogP contribution < -0.4 is 0 Å². The third-order valence-corrected chi connectivity index (χ3v) is 4.42. The van der Waals surface area contributed by atoms with Crippen molar-refractivity contribution < 1.29 is 14.3 Å². The smallest absolute Gasteiger partial charge is 0.410 e. The number of amides is 1. The van der Waals surface area contributed by atoms with E-state index in [4.69, 9.17) is 9.47 Å². The number of ether oxygens (including phenoxy) is 2. The number of rotatable bonds is 5. The normalized spacial score (nSPS) is 18.5. The van der Waals surface area contributed by atoms with Crippen LogP contribution in [0, 0.1) is 5.92 Å². The van der Waals surface area contributed by atoms with Crippen molar-refractivity contribution in [2.75, 3.05) is 26.0 Å². The Hall–Kier alpha value is -1.34. The van der Waals surface area contributed by atoms with Gasteiger partial charge in [-0.1, -0.05) is 0 Å². The van der Waals surface area contributed by atoms with Crippen LogP contribution in [-0.2, 0) is 16.1 Å². The van der Waals surface area contributed by atoms with Crippen LogP contribution >= 0.6 is 11.8 Å². The Morgan fingerprint density at radius 3 is 2.83 bits per heavy atom. The zero-order valence-corrected chi connectivity index (χ0v) is 15.8. The van der Waals surface area contributed by atoms with Crippen molar-refractivity contribution in [3.05, 3.63) is 18.1 Å². The van der Waals surface area contributed by atoms with Gasteiger partial charge in [0.15, 0.2) is 0 Å². The van der Waals surface area contributed by atoms with E-state index in [0.717, 1.165) is 30.1 Å². The molecule has 7 heteroatoms. The van der Waals surface area contributed by atoms with E-state index in [1.54, 1.807) is 29.1 Å². The maximum absolute atomic E-state index is 12.2. The van der Waals surface area contributed by atoms with E-state index in [-0.39, 0.29) is 6.09 Å². The molecular weight excluding hydrogens is 326 g/mol. The van der Waals surface area contributed by atoms with E-state index in [2.05, 4.69) is 9.97 Å². The van der Waals surface area contributed by atoms with E-state index in [1.165, 1.54) is 0 Å². The number of piperidine rings is 1. The molecule has 2 heterocycles. The van der Waals surface area contributed by atoms with Crippen LogP contribution in [0.15, 0.2) is 17.4 Å². The van der Waals surface area contributed by atoms with Crippen LogP contribution in [0.4, 0.5) is 4.79 Å². The van der Waals surface area contributed by atoms with Crippen molar-refractivity contribution in [2.24, 2.45) is 5.92 Å². The Bertz CT molecular complexity index is 548. The summed E-state index contributed by atoms with van der Waals surface area (Å²) in [6.07, 6.45) is 7.17. The Kier molecular flexibility index (Phi) is 6.86. The highest BCUT2D eigenvalue weighted by Gasteiger charge is 2.27. The number of hydrogen-bond donors (Lipinski definition) is 0. The fourth-order valence-corrected chi connectivity index (χ4v) is 3.15. The molecule has 0 aliphatic carbocycles. The highest BCUT2D eigenvalue weighted by molar-refractivity contribution is 7.98. The second-order valence-corrected chi connectivity index (χ2v) is 7.76. The van der Waals surface area contributed by atoms with Crippen molar-refractivity contribution in [3.8, 4) is 0 Å². The average Bonchev–Trinajstić information content (AvgIpc) is 2.54. The molecule has 24 heavy (non-hydrogen) atoms. The molecule has 134 valence electrons.